The maximum Gasteiger partial charge on any atom is 0.534 e. The van der Waals surface area contributed by atoms with Gasteiger partial charge in [0.05, 0.1) is 13.7 Å². The Kier molecular flexibility index (Phi) is 3.89. The van der Waals surface area contributed by atoms with Crippen molar-refractivity contribution in [2.45, 2.75) is 5.51 Å². The summed E-state index contributed by atoms with van der Waals surface area (Å²) in [6.07, 6.45) is 2.52. The number of rotatable bonds is 2. The summed E-state index contributed by atoms with van der Waals surface area (Å²) >= 11 is 0. The van der Waals surface area contributed by atoms with Crippen LogP contribution in [0.3, 0.4) is 0 Å². The maximum absolute atomic E-state index is 12.1. The van der Waals surface area contributed by atoms with Crippen LogP contribution in [-0.4, -0.2) is 38.6 Å². The Morgan fingerprint density at radius 2 is 2.06 bits per heavy atom. The van der Waals surface area contributed by atoms with Crippen LogP contribution in [0.4, 0.5) is 18.0 Å². The van der Waals surface area contributed by atoms with Gasteiger partial charge in [0.1, 0.15) is 0 Å². The molecular formula is C8H8F3NO5S. The van der Waals surface area contributed by atoms with Gasteiger partial charge in [0.15, 0.2) is 0 Å². The predicted octanol–water partition coefficient (Wildman–Crippen LogP) is 1.33. The van der Waals surface area contributed by atoms with Crippen molar-refractivity contribution < 1.29 is 35.3 Å². The Hall–Kier alpha value is -1.71. The minimum atomic E-state index is -5.82. The molecule has 0 aromatic heterocycles. The summed E-state index contributed by atoms with van der Waals surface area (Å²) in [7, 11) is -4.83. The van der Waals surface area contributed by atoms with Crippen LogP contribution in [0.25, 0.3) is 0 Å². The third kappa shape index (κ3) is 2.94. The Morgan fingerprint density at radius 3 is 2.56 bits per heavy atom. The van der Waals surface area contributed by atoms with E-state index >= 15 is 0 Å². The number of hydrogen-bond donors (Lipinski definition) is 0. The van der Waals surface area contributed by atoms with E-state index in [0.717, 1.165) is 13.2 Å². The Balaban J connectivity index is 2.98. The molecule has 0 N–H and O–H groups in total. The van der Waals surface area contributed by atoms with Gasteiger partial charge in [0.2, 0.25) is 5.88 Å². The molecule has 0 aromatic carbocycles. The lowest BCUT2D eigenvalue weighted by Crippen LogP contribution is -2.36. The number of carbonyl (C=O) groups excluding carboxylic acids is 1. The molecule has 0 bridgehead atoms. The van der Waals surface area contributed by atoms with Gasteiger partial charge in [-0.15, -0.1) is 0 Å². The Labute approximate surface area is 100 Å². The number of allylic oxidation sites excluding steroid dienone is 2. The molecule has 1 amide bonds. The van der Waals surface area contributed by atoms with Crippen LogP contribution in [0.2, 0.25) is 0 Å². The smallest absolute Gasteiger partial charge is 0.452 e. The summed E-state index contributed by atoms with van der Waals surface area (Å²) in [5.41, 5.74) is -5.57. The monoisotopic (exact) mass is 287 g/mol. The number of ether oxygens (including phenoxy) is 1. The van der Waals surface area contributed by atoms with Gasteiger partial charge in [0, 0.05) is 0 Å². The Bertz CT molecular complexity index is 493. The fourth-order valence-corrected chi connectivity index (χ4v) is 1.47. The molecule has 0 aromatic rings. The summed E-state index contributed by atoms with van der Waals surface area (Å²) in [5.74, 6) is -0.776. The molecule has 0 saturated heterocycles. The molecule has 0 radical (unpaired) electrons. The van der Waals surface area contributed by atoms with Crippen molar-refractivity contribution in [3.8, 4) is 0 Å². The molecule has 6 nitrogen and oxygen atoms in total. The van der Waals surface area contributed by atoms with Crippen molar-refractivity contribution in [1.29, 1.82) is 0 Å². The first-order chi connectivity index (χ1) is 8.19. The molecule has 10 heteroatoms. The SMILES string of the molecule is COC(=O)N1CC=CC=C1OS(=O)(=O)C(F)(F)F. The van der Waals surface area contributed by atoms with Crippen LogP contribution in [0.1, 0.15) is 0 Å². The molecule has 0 fully saturated rings. The van der Waals surface area contributed by atoms with Crippen molar-refractivity contribution in [3.05, 3.63) is 24.1 Å². The van der Waals surface area contributed by atoms with E-state index in [2.05, 4.69) is 8.92 Å². The maximum atomic E-state index is 12.1. The zero-order valence-electron chi connectivity index (χ0n) is 8.97. The van der Waals surface area contributed by atoms with Crippen LogP contribution in [0.15, 0.2) is 24.1 Å². The summed E-state index contributed by atoms with van der Waals surface area (Å²) in [6, 6.07) is 0. The fraction of sp³-hybridized carbons (Fsp3) is 0.375. The molecule has 18 heavy (non-hydrogen) atoms. The lowest BCUT2D eigenvalue weighted by Gasteiger charge is -2.24. The molecule has 102 valence electrons. The lowest BCUT2D eigenvalue weighted by atomic mass is 10.3. The molecule has 0 unspecified atom stereocenters. The highest BCUT2D eigenvalue weighted by atomic mass is 32.2. The minimum Gasteiger partial charge on any atom is -0.452 e. The second-order valence-electron chi connectivity index (χ2n) is 3.00. The van der Waals surface area contributed by atoms with Gasteiger partial charge >= 0.3 is 21.7 Å². The number of carbonyl (C=O) groups is 1. The van der Waals surface area contributed by atoms with Crippen molar-refractivity contribution in [1.82, 2.24) is 4.90 Å². The molecule has 0 spiro atoms. The minimum absolute atomic E-state index is 0.161. The quantitative estimate of drug-likeness (QED) is 0.566. The van der Waals surface area contributed by atoms with E-state index in [1.807, 2.05) is 0 Å². The number of methoxy groups -OCH3 is 1. The average Bonchev–Trinajstić information content (AvgIpc) is 2.26. The lowest BCUT2D eigenvalue weighted by molar-refractivity contribution is -0.0536. The van der Waals surface area contributed by atoms with E-state index in [1.165, 1.54) is 12.2 Å². The van der Waals surface area contributed by atoms with E-state index in [-0.39, 0.29) is 6.54 Å². The highest BCUT2D eigenvalue weighted by Gasteiger charge is 2.49. The van der Waals surface area contributed by atoms with E-state index < -0.39 is 27.6 Å². The summed E-state index contributed by atoms with van der Waals surface area (Å²) in [4.78, 5) is 11.8. The second kappa shape index (κ2) is 4.88. The van der Waals surface area contributed by atoms with Crippen molar-refractivity contribution >= 4 is 16.2 Å². The van der Waals surface area contributed by atoms with Gasteiger partial charge in [-0.05, 0) is 6.08 Å². The number of hydrogen-bond acceptors (Lipinski definition) is 5. The highest BCUT2D eigenvalue weighted by Crippen LogP contribution is 2.28. The number of nitrogens with zero attached hydrogens (tertiary/aromatic N) is 1. The van der Waals surface area contributed by atoms with Crippen LogP contribution >= 0.6 is 0 Å². The van der Waals surface area contributed by atoms with Crippen molar-refractivity contribution in [2.24, 2.45) is 0 Å². The first-order valence-electron chi connectivity index (χ1n) is 4.42. The number of halogens is 3. The van der Waals surface area contributed by atoms with Crippen LogP contribution in [0, 0.1) is 0 Å². The highest BCUT2D eigenvalue weighted by molar-refractivity contribution is 7.87. The molecule has 0 atom stereocenters. The first-order valence-corrected chi connectivity index (χ1v) is 5.83. The van der Waals surface area contributed by atoms with Gasteiger partial charge in [0.25, 0.3) is 0 Å². The number of amides is 1. The van der Waals surface area contributed by atoms with Crippen molar-refractivity contribution in [2.75, 3.05) is 13.7 Å². The standard InChI is InChI=1S/C8H8F3NO5S/c1-16-7(13)12-5-3-2-4-6(12)17-18(14,15)8(9,10)11/h2-4H,5H2,1H3. The molecule has 1 rings (SSSR count). The number of alkyl halides is 3. The van der Waals surface area contributed by atoms with E-state index in [9.17, 15) is 26.4 Å². The van der Waals surface area contributed by atoms with Crippen LogP contribution in [-0.2, 0) is 19.0 Å². The zero-order chi connectivity index (χ0) is 14.0. The second-order valence-corrected chi connectivity index (χ2v) is 4.53. The van der Waals surface area contributed by atoms with Crippen LogP contribution in [0.5, 0.6) is 0 Å². The molecule has 1 aliphatic rings. The molecule has 0 saturated carbocycles. The predicted molar refractivity (Wildman–Crippen MR) is 52.4 cm³/mol. The molecule has 0 aliphatic carbocycles. The van der Waals surface area contributed by atoms with Gasteiger partial charge in [-0.1, -0.05) is 12.2 Å². The third-order valence-electron chi connectivity index (χ3n) is 1.80. The first kappa shape index (κ1) is 14.4. The van der Waals surface area contributed by atoms with Crippen molar-refractivity contribution in [3.63, 3.8) is 0 Å². The topological polar surface area (TPSA) is 72.9 Å². The molecular weight excluding hydrogens is 279 g/mol. The largest absolute Gasteiger partial charge is 0.534 e. The molecule has 1 aliphatic heterocycles. The van der Waals surface area contributed by atoms with Gasteiger partial charge in [-0.25, -0.2) is 9.69 Å². The van der Waals surface area contributed by atoms with Gasteiger partial charge in [-0.3, -0.25) is 0 Å². The van der Waals surface area contributed by atoms with E-state index in [0.29, 0.717) is 4.90 Å². The summed E-state index contributed by atoms with van der Waals surface area (Å²) in [6.45, 7) is -0.161. The van der Waals surface area contributed by atoms with Crippen LogP contribution < -0.4 is 0 Å². The third-order valence-corrected chi connectivity index (χ3v) is 2.76. The van der Waals surface area contributed by atoms with E-state index in [1.54, 1.807) is 0 Å². The zero-order valence-corrected chi connectivity index (χ0v) is 9.79. The van der Waals surface area contributed by atoms with Gasteiger partial charge < -0.3 is 8.92 Å². The molecule has 1 heterocycles. The van der Waals surface area contributed by atoms with Gasteiger partial charge in [-0.2, -0.15) is 21.6 Å². The summed E-state index contributed by atoms with van der Waals surface area (Å²) in [5, 5.41) is 0. The summed E-state index contributed by atoms with van der Waals surface area (Å²) < 4.78 is 66.0. The normalized spacial score (nSPS) is 16.2. The fourth-order valence-electron chi connectivity index (χ4n) is 1.00. The Morgan fingerprint density at radius 1 is 1.44 bits per heavy atom. The average molecular weight is 287 g/mol. The van der Waals surface area contributed by atoms with E-state index in [4.69, 9.17) is 0 Å².